The minimum absolute atomic E-state index is 0.271. The fraction of sp³-hybridized carbons (Fsp3) is 1.00. The van der Waals surface area contributed by atoms with E-state index in [4.69, 9.17) is 5.53 Å². The van der Waals surface area contributed by atoms with Crippen LogP contribution in [0.2, 0.25) is 0 Å². The summed E-state index contributed by atoms with van der Waals surface area (Å²) in [4.78, 5) is 2.43. The molecule has 3 nitrogen and oxygen atoms in total. The van der Waals surface area contributed by atoms with E-state index in [9.17, 15) is 4.39 Å². The van der Waals surface area contributed by atoms with Crippen molar-refractivity contribution >= 4 is 0 Å². The van der Waals surface area contributed by atoms with Crippen LogP contribution in [-0.4, -0.2) is 13.2 Å². The monoisotopic (exact) mass is 102 g/mol. The van der Waals surface area contributed by atoms with E-state index in [0.717, 1.165) is 0 Å². The van der Waals surface area contributed by atoms with Crippen molar-refractivity contribution in [1.82, 2.24) is 0 Å². The third-order valence-electron chi connectivity index (χ3n) is 0.455. The van der Waals surface area contributed by atoms with E-state index in [2.05, 4.69) is 10.0 Å². The molecule has 0 amide bonds. The predicted molar refractivity (Wildman–Crippen MR) is 24.6 cm³/mol. The van der Waals surface area contributed by atoms with Crippen LogP contribution in [0.4, 0.5) is 4.39 Å². The molecule has 4 heteroatoms. The second kappa shape index (κ2) is 5.24. The largest absolute Gasteiger partial charge is 0.251 e. The number of halogens is 1. The topological polar surface area (TPSA) is 48.8 Å². The van der Waals surface area contributed by atoms with Gasteiger partial charge in [-0.1, -0.05) is 5.11 Å². The van der Waals surface area contributed by atoms with Gasteiger partial charge in [0.25, 0.3) is 0 Å². The summed E-state index contributed by atoms with van der Waals surface area (Å²) in [5.74, 6) is 0. The maximum Gasteiger partial charge on any atom is 0.0895 e. The highest BCUT2D eigenvalue weighted by atomic mass is 18.2. The SMILES string of the molecule is [N-]=[N+]=NCCC[18F]. The van der Waals surface area contributed by atoms with E-state index in [1.54, 1.807) is 0 Å². The first-order valence-electron chi connectivity index (χ1n) is 1.98. The molecule has 40 valence electrons. The average Bonchev–Trinajstić information content (AvgIpc) is 1.69. The van der Waals surface area contributed by atoms with Crippen molar-refractivity contribution in [3.63, 3.8) is 0 Å². The van der Waals surface area contributed by atoms with Gasteiger partial charge in [0.05, 0.1) is 6.67 Å². The normalized spacial score (nSPS) is 7.57. The van der Waals surface area contributed by atoms with Crippen LogP contribution in [0, 0.1) is 0 Å². The van der Waals surface area contributed by atoms with Crippen molar-refractivity contribution in [2.45, 2.75) is 6.42 Å². The van der Waals surface area contributed by atoms with Crippen LogP contribution < -0.4 is 0 Å². The van der Waals surface area contributed by atoms with Gasteiger partial charge < -0.3 is 0 Å². The lowest BCUT2D eigenvalue weighted by Gasteiger charge is -1.78. The van der Waals surface area contributed by atoms with Gasteiger partial charge in [-0.25, -0.2) is 0 Å². The molecule has 0 saturated carbocycles. The Kier molecular flexibility index (Phi) is 4.67. The molecule has 0 radical (unpaired) electrons. The Balaban J connectivity index is 2.83. The number of rotatable bonds is 3. The van der Waals surface area contributed by atoms with Gasteiger partial charge in [-0.05, 0) is 12.0 Å². The van der Waals surface area contributed by atoms with Crippen molar-refractivity contribution in [1.29, 1.82) is 0 Å². The molecule has 0 rings (SSSR count). The molecule has 0 aromatic carbocycles. The Morgan fingerprint density at radius 2 is 2.43 bits per heavy atom. The van der Waals surface area contributed by atoms with Gasteiger partial charge >= 0.3 is 0 Å². The van der Waals surface area contributed by atoms with Gasteiger partial charge in [0.2, 0.25) is 0 Å². The molecule has 0 heterocycles. The van der Waals surface area contributed by atoms with Crippen LogP contribution in [0.3, 0.4) is 0 Å². The summed E-state index contributed by atoms with van der Waals surface area (Å²) < 4.78 is 11.1. The third-order valence-corrected chi connectivity index (χ3v) is 0.455. The molecule has 0 N–H and O–H groups in total. The van der Waals surface area contributed by atoms with Crippen molar-refractivity contribution in [3.8, 4) is 0 Å². The number of azide groups is 1. The Bertz CT molecular complexity index is 76.2. The highest BCUT2D eigenvalue weighted by Gasteiger charge is 1.76. The summed E-state index contributed by atoms with van der Waals surface area (Å²) in [6, 6.07) is 0. The third kappa shape index (κ3) is 5.24. The number of alkyl halides is 1. The zero-order chi connectivity index (χ0) is 5.54. The second-order valence-electron chi connectivity index (χ2n) is 0.997. The van der Waals surface area contributed by atoms with E-state index in [0.29, 0.717) is 6.42 Å². The number of nitrogens with zero attached hydrogens (tertiary/aromatic N) is 3. The van der Waals surface area contributed by atoms with Crippen molar-refractivity contribution in [2.24, 2.45) is 5.11 Å². The van der Waals surface area contributed by atoms with Gasteiger partial charge in [0, 0.05) is 11.5 Å². The van der Waals surface area contributed by atoms with Crippen molar-refractivity contribution < 1.29 is 4.39 Å². The fourth-order valence-electron chi connectivity index (χ4n) is 0.175. The quantitative estimate of drug-likeness (QED) is 0.225. The Morgan fingerprint density at radius 1 is 1.71 bits per heavy atom. The van der Waals surface area contributed by atoms with Gasteiger partial charge in [-0.15, -0.1) is 0 Å². The summed E-state index contributed by atoms with van der Waals surface area (Å²) in [5, 5.41) is 3.10. The fourth-order valence-corrected chi connectivity index (χ4v) is 0.175. The smallest absolute Gasteiger partial charge is 0.0895 e. The highest BCUT2D eigenvalue weighted by molar-refractivity contribution is 4.44. The molecule has 0 bridgehead atoms. The Morgan fingerprint density at radius 3 is 2.86 bits per heavy atom. The first-order chi connectivity index (χ1) is 3.41. The van der Waals surface area contributed by atoms with Gasteiger partial charge in [0.15, 0.2) is 0 Å². The molecule has 0 atom stereocenters. The number of hydrogen-bond acceptors (Lipinski definition) is 1. The van der Waals surface area contributed by atoms with Crippen LogP contribution in [0.5, 0.6) is 0 Å². The zero-order valence-corrected chi connectivity index (χ0v) is 3.84. The van der Waals surface area contributed by atoms with E-state index in [1.807, 2.05) is 0 Å². The van der Waals surface area contributed by atoms with Gasteiger partial charge in [0.1, 0.15) is 0 Å². The lowest BCUT2D eigenvalue weighted by Crippen LogP contribution is -1.77. The molecular formula is C3H6FN3. The first-order valence-corrected chi connectivity index (χ1v) is 1.98. The van der Waals surface area contributed by atoms with Gasteiger partial charge in [-0.2, -0.15) is 0 Å². The van der Waals surface area contributed by atoms with Crippen LogP contribution in [-0.2, 0) is 0 Å². The summed E-state index contributed by atoms with van der Waals surface area (Å²) in [7, 11) is 0. The molecule has 0 unspecified atom stereocenters. The molecule has 0 aliphatic heterocycles. The maximum absolute atomic E-state index is 11.1. The standard InChI is InChI=1S/C3H6FN3/c4-2-1-3-6-7-5/h1-3H2/i4-1. The van der Waals surface area contributed by atoms with Gasteiger partial charge in [-0.3, -0.25) is 4.39 Å². The minimum Gasteiger partial charge on any atom is -0.251 e. The van der Waals surface area contributed by atoms with Crippen molar-refractivity contribution in [2.75, 3.05) is 13.2 Å². The van der Waals surface area contributed by atoms with E-state index < -0.39 is 6.67 Å². The van der Waals surface area contributed by atoms with E-state index in [1.165, 1.54) is 0 Å². The molecule has 0 spiro atoms. The zero-order valence-electron chi connectivity index (χ0n) is 3.84. The highest BCUT2D eigenvalue weighted by Crippen LogP contribution is 1.80. The maximum atomic E-state index is 11.1. The molecule has 0 fully saturated rings. The lowest BCUT2D eigenvalue weighted by molar-refractivity contribution is 0.477. The molecule has 0 aromatic heterocycles. The van der Waals surface area contributed by atoms with E-state index in [-0.39, 0.29) is 6.54 Å². The Hall–Kier alpha value is -0.760. The molecule has 7 heavy (non-hydrogen) atoms. The van der Waals surface area contributed by atoms with Crippen LogP contribution in [0.25, 0.3) is 10.4 Å². The van der Waals surface area contributed by atoms with Crippen molar-refractivity contribution in [3.05, 3.63) is 10.4 Å². The number of hydrogen-bond donors (Lipinski definition) is 0. The summed E-state index contributed by atoms with van der Waals surface area (Å²) in [6.45, 7) is -0.133. The molecule has 0 aromatic rings. The summed E-state index contributed by atoms with van der Waals surface area (Å²) in [5.41, 5.74) is 7.63. The van der Waals surface area contributed by atoms with Crippen LogP contribution in [0.1, 0.15) is 6.42 Å². The summed E-state index contributed by atoms with van der Waals surface area (Å²) in [6.07, 6.45) is 0.337. The predicted octanol–water partition coefficient (Wildman–Crippen LogP) is 1.66. The minimum atomic E-state index is -0.404. The molecule has 0 aliphatic rings. The average molecular weight is 102 g/mol. The summed E-state index contributed by atoms with van der Waals surface area (Å²) >= 11 is 0. The van der Waals surface area contributed by atoms with E-state index >= 15 is 0 Å². The molecular weight excluding hydrogens is 96.1 g/mol. The molecule has 0 saturated heterocycles. The molecule has 0 aliphatic carbocycles. The lowest BCUT2D eigenvalue weighted by atomic mass is 10.5. The van der Waals surface area contributed by atoms with Crippen LogP contribution in [0.15, 0.2) is 5.11 Å². The Labute approximate surface area is 40.8 Å². The second-order valence-corrected chi connectivity index (χ2v) is 0.997. The first kappa shape index (κ1) is 6.24. The van der Waals surface area contributed by atoms with Crippen LogP contribution >= 0.6 is 0 Å².